The molecule has 114 valence electrons. The monoisotopic (exact) mass is 294 g/mol. The summed E-state index contributed by atoms with van der Waals surface area (Å²) >= 11 is 0. The van der Waals surface area contributed by atoms with Crippen LogP contribution in [0.3, 0.4) is 0 Å². The maximum atomic E-state index is 12.5. The summed E-state index contributed by atoms with van der Waals surface area (Å²) in [5.74, 6) is 0.305. The number of hydrogen-bond donors (Lipinski definition) is 2. The van der Waals surface area contributed by atoms with Crippen LogP contribution in [-0.4, -0.2) is 52.6 Å². The topological polar surface area (TPSA) is 109 Å². The Morgan fingerprint density at radius 2 is 2.43 bits per heavy atom. The molecule has 0 bridgehead atoms. The van der Waals surface area contributed by atoms with E-state index < -0.39 is 4.92 Å². The number of carbonyl (C=O) groups is 1. The van der Waals surface area contributed by atoms with Crippen LogP contribution in [0, 0.1) is 16.0 Å². The SMILES string of the molecule is CNc1cc(C(=O)N2CCC(CCO)C2)c([N+](=O)[O-])cn1. The molecule has 1 unspecified atom stereocenters. The van der Waals surface area contributed by atoms with Gasteiger partial charge in [0, 0.05) is 32.8 Å². The first-order valence-corrected chi connectivity index (χ1v) is 6.79. The molecule has 0 radical (unpaired) electrons. The molecule has 8 nitrogen and oxygen atoms in total. The maximum Gasteiger partial charge on any atom is 0.300 e. The molecule has 1 saturated heterocycles. The number of nitrogens with one attached hydrogen (secondary N) is 1. The van der Waals surface area contributed by atoms with Gasteiger partial charge in [-0.25, -0.2) is 4.98 Å². The van der Waals surface area contributed by atoms with Crippen molar-refractivity contribution >= 4 is 17.4 Å². The van der Waals surface area contributed by atoms with Gasteiger partial charge in [-0.15, -0.1) is 0 Å². The second-order valence-corrected chi connectivity index (χ2v) is 5.01. The van der Waals surface area contributed by atoms with E-state index in [0.29, 0.717) is 25.3 Å². The van der Waals surface area contributed by atoms with Crippen molar-refractivity contribution in [2.45, 2.75) is 12.8 Å². The summed E-state index contributed by atoms with van der Waals surface area (Å²) in [7, 11) is 1.63. The number of amides is 1. The second kappa shape index (κ2) is 6.49. The molecule has 1 fully saturated rings. The van der Waals surface area contributed by atoms with Gasteiger partial charge in [0.05, 0.1) is 4.92 Å². The van der Waals surface area contributed by atoms with Crippen molar-refractivity contribution in [3.05, 3.63) is 27.9 Å². The zero-order valence-electron chi connectivity index (χ0n) is 11.8. The molecule has 1 amide bonds. The normalized spacial score (nSPS) is 17.8. The molecule has 2 N–H and O–H groups in total. The molecule has 21 heavy (non-hydrogen) atoms. The molecule has 0 saturated carbocycles. The highest BCUT2D eigenvalue weighted by molar-refractivity contribution is 5.98. The standard InChI is InChI=1S/C13H18N4O4/c1-14-12-6-10(11(7-15-12)17(20)21)13(19)16-4-2-9(8-16)3-5-18/h6-7,9,18H,2-5,8H2,1H3,(H,14,15). The van der Waals surface area contributed by atoms with Crippen LogP contribution in [-0.2, 0) is 0 Å². The number of aliphatic hydroxyl groups is 1. The van der Waals surface area contributed by atoms with Crippen LogP contribution in [0.25, 0.3) is 0 Å². The van der Waals surface area contributed by atoms with Crippen molar-refractivity contribution in [3.8, 4) is 0 Å². The quantitative estimate of drug-likeness (QED) is 0.616. The average molecular weight is 294 g/mol. The number of aliphatic hydroxyl groups excluding tert-OH is 1. The lowest BCUT2D eigenvalue weighted by Gasteiger charge is -2.16. The number of nitro groups is 1. The predicted octanol–water partition coefficient (Wildman–Crippen LogP) is 0.876. The first-order valence-electron chi connectivity index (χ1n) is 6.79. The summed E-state index contributed by atoms with van der Waals surface area (Å²) in [4.78, 5) is 28.4. The Morgan fingerprint density at radius 3 is 3.05 bits per heavy atom. The minimum Gasteiger partial charge on any atom is -0.396 e. The fourth-order valence-corrected chi connectivity index (χ4v) is 2.51. The van der Waals surface area contributed by atoms with E-state index in [0.717, 1.165) is 12.6 Å². The lowest BCUT2D eigenvalue weighted by molar-refractivity contribution is -0.385. The number of likely N-dealkylation sites (tertiary alicyclic amines) is 1. The van der Waals surface area contributed by atoms with Gasteiger partial charge >= 0.3 is 0 Å². The minimum absolute atomic E-state index is 0.0454. The molecule has 1 aromatic rings. The van der Waals surface area contributed by atoms with Gasteiger partial charge < -0.3 is 15.3 Å². The third-order valence-corrected chi connectivity index (χ3v) is 3.68. The van der Waals surface area contributed by atoms with Crippen LogP contribution >= 0.6 is 0 Å². The highest BCUT2D eigenvalue weighted by atomic mass is 16.6. The third kappa shape index (κ3) is 3.27. The van der Waals surface area contributed by atoms with Crippen LogP contribution in [0.15, 0.2) is 12.3 Å². The van der Waals surface area contributed by atoms with Gasteiger partial charge in [-0.1, -0.05) is 0 Å². The van der Waals surface area contributed by atoms with Gasteiger partial charge in [0.2, 0.25) is 0 Å². The molecule has 1 aromatic heterocycles. The van der Waals surface area contributed by atoms with Gasteiger partial charge in [-0.3, -0.25) is 14.9 Å². The average Bonchev–Trinajstić information content (AvgIpc) is 2.94. The van der Waals surface area contributed by atoms with E-state index in [-0.39, 0.29) is 29.7 Å². The highest BCUT2D eigenvalue weighted by Crippen LogP contribution is 2.26. The fraction of sp³-hybridized carbons (Fsp3) is 0.538. The zero-order valence-corrected chi connectivity index (χ0v) is 11.8. The number of hydrogen-bond acceptors (Lipinski definition) is 6. The summed E-state index contributed by atoms with van der Waals surface area (Å²) < 4.78 is 0. The summed E-state index contributed by atoms with van der Waals surface area (Å²) in [6.07, 6.45) is 2.55. The van der Waals surface area contributed by atoms with Crippen molar-refractivity contribution in [3.63, 3.8) is 0 Å². The molecule has 1 aliphatic heterocycles. The minimum atomic E-state index is -0.596. The van der Waals surface area contributed by atoms with Crippen molar-refractivity contribution in [1.29, 1.82) is 0 Å². The molecule has 0 aromatic carbocycles. The molecular weight excluding hydrogens is 276 g/mol. The molecule has 8 heteroatoms. The zero-order chi connectivity index (χ0) is 15.4. The Labute approximate surface area is 121 Å². The number of anilines is 1. The molecule has 0 aliphatic carbocycles. The first-order chi connectivity index (χ1) is 10.1. The molecule has 0 spiro atoms. The van der Waals surface area contributed by atoms with Crippen LogP contribution in [0.2, 0.25) is 0 Å². The van der Waals surface area contributed by atoms with E-state index in [1.165, 1.54) is 6.07 Å². The number of nitrogens with zero attached hydrogens (tertiary/aromatic N) is 3. The van der Waals surface area contributed by atoms with Crippen LogP contribution in [0.5, 0.6) is 0 Å². The van der Waals surface area contributed by atoms with Crippen LogP contribution < -0.4 is 5.32 Å². The Hall–Kier alpha value is -2.22. The van der Waals surface area contributed by atoms with Crippen molar-refractivity contribution in [2.75, 3.05) is 32.1 Å². The molecule has 2 rings (SSSR count). The Kier molecular flexibility index (Phi) is 4.69. The maximum absolute atomic E-state index is 12.5. The summed E-state index contributed by atoms with van der Waals surface area (Å²) in [6, 6.07) is 1.40. The van der Waals surface area contributed by atoms with Crippen molar-refractivity contribution in [1.82, 2.24) is 9.88 Å². The molecule has 1 aliphatic rings. The Morgan fingerprint density at radius 1 is 1.67 bits per heavy atom. The summed E-state index contributed by atoms with van der Waals surface area (Å²) in [6.45, 7) is 1.16. The fourth-order valence-electron chi connectivity index (χ4n) is 2.51. The van der Waals surface area contributed by atoms with E-state index in [1.807, 2.05) is 0 Å². The van der Waals surface area contributed by atoms with Crippen LogP contribution in [0.4, 0.5) is 11.5 Å². The lowest BCUT2D eigenvalue weighted by atomic mass is 10.1. The van der Waals surface area contributed by atoms with Crippen molar-refractivity contribution < 1.29 is 14.8 Å². The predicted molar refractivity (Wildman–Crippen MR) is 76.2 cm³/mol. The largest absolute Gasteiger partial charge is 0.396 e. The Bertz CT molecular complexity index is 549. The highest BCUT2D eigenvalue weighted by Gasteiger charge is 2.31. The van der Waals surface area contributed by atoms with E-state index in [2.05, 4.69) is 10.3 Å². The molecular formula is C13H18N4O4. The van der Waals surface area contributed by atoms with Crippen LogP contribution in [0.1, 0.15) is 23.2 Å². The van der Waals surface area contributed by atoms with Gasteiger partial charge in [0.25, 0.3) is 11.6 Å². The van der Waals surface area contributed by atoms with E-state index in [4.69, 9.17) is 5.11 Å². The van der Waals surface area contributed by atoms with Gasteiger partial charge in [-0.2, -0.15) is 0 Å². The number of rotatable bonds is 5. The number of carbonyl (C=O) groups excluding carboxylic acids is 1. The lowest BCUT2D eigenvalue weighted by Crippen LogP contribution is -2.29. The smallest absolute Gasteiger partial charge is 0.300 e. The van der Waals surface area contributed by atoms with Gasteiger partial charge in [-0.05, 0) is 18.8 Å². The Balaban J connectivity index is 2.24. The van der Waals surface area contributed by atoms with E-state index >= 15 is 0 Å². The van der Waals surface area contributed by atoms with Crippen molar-refractivity contribution in [2.24, 2.45) is 5.92 Å². The van der Waals surface area contributed by atoms with E-state index in [9.17, 15) is 14.9 Å². The van der Waals surface area contributed by atoms with Gasteiger partial charge in [0.15, 0.2) is 0 Å². The molecule has 1 atom stereocenters. The summed E-state index contributed by atoms with van der Waals surface area (Å²) in [5.41, 5.74) is -0.242. The third-order valence-electron chi connectivity index (χ3n) is 3.68. The number of aromatic nitrogens is 1. The molecule has 2 heterocycles. The van der Waals surface area contributed by atoms with Gasteiger partial charge in [0.1, 0.15) is 17.6 Å². The summed E-state index contributed by atoms with van der Waals surface area (Å²) in [5, 5.41) is 22.8. The second-order valence-electron chi connectivity index (χ2n) is 5.01. The van der Waals surface area contributed by atoms with E-state index in [1.54, 1.807) is 11.9 Å². The number of pyridine rings is 1. The first kappa shape index (κ1) is 15.2.